The summed E-state index contributed by atoms with van der Waals surface area (Å²) in [4.78, 5) is 73.1. The van der Waals surface area contributed by atoms with Gasteiger partial charge in [-0.05, 0) is 31.6 Å². The fraction of sp³-hybridized carbons (Fsp3) is 0.955. The minimum atomic E-state index is -4.97. The second-order valence-corrected chi connectivity index (χ2v) is 34.8. The first-order valence-electron chi connectivity index (χ1n) is 45.7. The molecule has 0 aliphatic heterocycles. The molecule has 636 valence electrons. The van der Waals surface area contributed by atoms with Gasteiger partial charge in [-0.15, -0.1) is 0 Å². The highest BCUT2D eigenvalue weighted by Gasteiger charge is 2.30. The smallest absolute Gasteiger partial charge is 0.462 e. The third-order valence-corrected chi connectivity index (χ3v) is 23.0. The molecule has 0 heterocycles. The van der Waals surface area contributed by atoms with Crippen molar-refractivity contribution >= 4 is 39.5 Å². The number of phosphoric ester groups is 2. The van der Waals surface area contributed by atoms with Crippen molar-refractivity contribution in [2.45, 2.75) is 496 Å². The van der Waals surface area contributed by atoms with Crippen molar-refractivity contribution in [3.63, 3.8) is 0 Å². The van der Waals surface area contributed by atoms with Gasteiger partial charge in [0, 0.05) is 25.7 Å². The molecule has 3 unspecified atom stereocenters. The maximum absolute atomic E-state index is 13.1. The van der Waals surface area contributed by atoms with E-state index < -0.39 is 97.5 Å². The van der Waals surface area contributed by atoms with Gasteiger partial charge >= 0.3 is 39.5 Å². The molecule has 0 amide bonds. The SMILES string of the molecule is CCCCCCCCCCCCCCCCCCCCCCCC(=O)OC[C@H](COP(=O)(O)OC[C@@H](O)COP(=O)(O)OC[C@@H](COC(=O)CCCCCCCCC)OC(=O)CCCCCCCCCCCCCCCCC(C)CC)OC(=O)CCCCCCCCCCCCCCCCCCCCCCC. The van der Waals surface area contributed by atoms with Crippen LogP contribution in [0.1, 0.15) is 478 Å². The van der Waals surface area contributed by atoms with Crippen molar-refractivity contribution in [2.75, 3.05) is 39.6 Å². The van der Waals surface area contributed by atoms with Crippen LogP contribution in [0.15, 0.2) is 0 Å². The molecule has 0 saturated carbocycles. The third-order valence-electron chi connectivity index (χ3n) is 21.1. The number of hydrogen-bond acceptors (Lipinski definition) is 15. The van der Waals surface area contributed by atoms with Gasteiger partial charge in [-0.2, -0.15) is 0 Å². The van der Waals surface area contributed by atoms with E-state index in [0.717, 1.165) is 109 Å². The zero-order valence-electron chi connectivity index (χ0n) is 70.3. The average Bonchev–Trinajstić information content (AvgIpc) is 0.905. The first kappa shape index (κ1) is 105. The van der Waals surface area contributed by atoms with Crippen molar-refractivity contribution in [2.24, 2.45) is 5.92 Å². The van der Waals surface area contributed by atoms with Crippen molar-refractivity contribution < 1.29 is 80.2 Å². The Morgan fingerprint density at radius 1 is 0.262 bits per heavy atom. The molecule has 0 aliphatic rings. The molecular formula is C88H172O17P2. The Balaban J connectivity index is 5.15. The van der Waals surface area contributed by atoms with Crippen molar-refractivity contribution in [1.82, 2.24) is 0 Å². The summed E-state index contributed by atoms with van der Waals surface area (Å²) in [5, 5.41) is 10.7. The van der Waals surface area contributed by atoms with Crippen LogP contribution in [0.25, 0.3) is 0 Å². The van der Waals surface area contributed by atoms with E-state index in [0.29, 0.717) is 25.7 Å². The number of carbonyl (C=O) groups is 4. The van der Waals surface area contributed by atoms with E-state index in [2.05, 4.69) is 34.6 Å². The predicted molar refractivity (Wildman–Crippen MR) is 442 cm³/mol. The van der Waals surface area contributed by atoms with Crippen LogP contribution in [0.5, 0.6) is 0 Å². The number of carbonyl (C=O) groups excluding carboxylic acids is 4. The molecule has 0 bridgehead atoms. The summed E-state index contributed by atoms with van der Waals surface area (Å²) in [6.45, 7) is 7.38. The van der Waals surface area contributed by atoms with E-state index in [9.17, 15) is 43.2 Å². The van der Waals surface area contributed by atoms with Gasteiger partial charge in [0.1, 0.15) is 19.3 Å². The van der Waals surface area contributed by atoms with Gasteiger partial charge in [-0.3, -0.25) is 37.3 Å². The van der Waals surface area contributed by atoms with Crippen LogP contribution in [0.4, 0.5) is 0 Å². The van der Waals surface area contributed by atoms with E-state index in [4.69, 9.17) is 37.0 Å². The van der Waals surface area contributed by atoms with Crippen molar-refractivity contribution in [3.8, 4) is 0 Å². The Morgan fingerprint density at radius 2 is 0.449 bits per heavy atom. The molecule has 17 nitrogen and oxygen atoms in total. The first-order valence-corrected chi connectivity index (χ1v) is 48.7. The average molecular weight is 1560 g/mol. The van der Waals surface area contributed by atoms with E-state index >= 15 is 0 Å². The van der Waals surface area contributed by atoms with Gasteiger partial charge in [-0.25, -0.2) is 9.13 Å². The fourth-order valence-electron chi connectivity index (χ4n) is 13.8. The number of hydrogen-bond donors (Lipinski definition) is 3. The van der Waals surface area contributed by atoms with Crippen LogP contribution >= 0.6 is 15.6 Å². The first-order chi connectivity index (χ1) is 52.1. The lowest BCUT2D eigenvalue weighted by molar-refractivity contribution is -0.161. The monoisotopic (exact) mass is 1560 g/mol. The van der Waals surface area contributed by atoms with Gasteiger partial charge in [0.25, 0.3) is 0 Å². The fourth-order valence-corrected chi connectivity index (χ4v) is 15.4. The highest BCUT2D eigenvalue weighted by molar-refractivity contribution is 7.47. The van der Waals surface area contributed by atoms with Gasteiger partial charge < -0.3 is 33.8 Å². The zero-order valence-corrected chi connectivity index (χ0v) is 72.1. The topological polar surface area (TPSA) is 237 Å². The molecule has 0 aromatic rings. The molecule has 0 spiro atoms. The summed E-state index contributed by atoms with van der Waals surface area (Å²) >= 11 is 0. The van der Waals surface area contributed by atoms with E-state index in [-0.39, 0.29) is 25.7 Å². The molecule has 3 N–H and O–H groups in total. The lowest BCUT2D eigenvalue weighted by Crippen LogP contribution is -2.30. The molecule has 0 fully saturated rings. The normalized spacial score (nSPS) is 14.0. The van der Waals surface area contributed by atoms with Crippen LogP contribution < -0.4 is 0 Å². The second-order valence-electron chi connectivity index (χ2n) is 31.9. The van der Waals surface area contributed by atoms with Crippen LogP contribution in [-0.4, -0.2) is 96.7 Å². The third kappa shape index (κ3) is 80.5. The van der Waals surface area contributed by atoms with Gasteiger partial charge in [0.05, 0.1) is 26.4 Å². The summed E-state index contributed by atoms with van der Waals surface area (Å²) in [6.07, 6.45) is 75.3. The Labute approximate surface area is 658 Å². The summed E-state index contributed by atoms with van der Waals surface area (Å²) in [7, 11) is -9.92. The highest BCUT2D eigenvalue weighted by Crippen LogP contribution is 2.45. The van der Waals surface area contributed by atoms with Crippen molar-refractivity contribution in [3.05, 3.63) is 0 Å². The molecule has 0 radical (unpaired) electrons. The molecular weight excluding hydrogens is 1390 g/mol. The molecule has 0 aliphatic carbocycles. The maximum atomic E-state index is 13.1. The lowest BCUT2D eigenvalue weighted by atomic mass is 9.99. The minimum absolute atomic E-state index is 0.108. The number of aliphatic hydroxyl groups is 1. The van der Waals surface area contributed by atoms with Gasteiger partial charge in [0.15, 0.2) is 12.2 Å². The predicted octanol–water partition coefficient (Wildman–Crippen LogP) is 27.2. The molecule has 19 heteroatoms. The largest absolute Gasteiger partial charge is 0.472 e. The summed E-state index contributed by atoms with van der Waals surface area (Å²) in [6, 6.07) is 0. The maximum Gasteiger partial charge on any atom is 0.472 e. The summed E-state index contributed by atoms with van der Waals surface area (Å²) < 4.78 is 68.8. The number of ether oxygens (including phenoxy) is 4. The number of esters is 4. The minimum Gasteiger partial charge on any atom is -0.462 e. The van der Waals surface area contributed by atoms with E-state index in [1.165, 1.54) is 289 Å². The van der Waals surface area contributed by atoms with Crippen LogP contribution in [0.3, 0.4) is 0 Å². The zero-order chi connectivity index (χ0) is 78.3. The highest BCUT2D eigenvalue weighted by atomic mass is 31.2. The molecule has 107 heavy (non-hydrogen) atoms. The Kier molecular flexibility index (Phi) is 79.2. The Bertz CT molecular complexity index is 2030. The lowest BCUT2D eigenvalue weighted by Gasteiger charge is -2.21. The summed E-state index contributed by atoms with van der Waals surface area (Å²) in [5.41, 5.74) is 0. The molecule has 0 aromatic heterocycles. The van der Waals surface area contributed by atoms with Gasteiger partial charge in [0.2, 0.25) is 0 Å². The quantitative estimate of drug-likeness (QED) is 0.0222. The van der Waals surface area contributed by atoms with Crippen LogP contribution in [-0.2, 0) is 65.4 Å². The standard InChI is InChI=1S/C88H172O17P2/c1-6-10-13-16-19-21-23-25-27-29-31-33-35-37-39-44-48-52-57-62-67-72-86(91)99-78-84(105-88(93)74-68-63-58-53-49-45-40-38-36-34-32-30-28-26-24-22-20-17-14-11-7-2)80-103-107(96,97)101-76-82(89)75-100-106(94,95)102-79-83(77-98-85(90)71-66-61-55-18-15-12-8-3)104-87(92)73-69-64-59-54-50-46-42-41-43-47-51-56-60-65-70-81(5)9-4/h81-84,89H,6-80H2,1-5H3,(H,94,95)(H,96,97)/t81?,82-,83+,84+/m0/s1. The van der Waals surface area contributed by atoms with E-state index in [1.807, 2.05) is 0 Å². The van der Waals surface area contributed by atoms with Crippen molar-refractivity contribution in [1.29, 1.82) is 0 Å². The Hall–Kier alpha value is -1.94. The molecule has 0 aromatic carbocycles. The molecule has 6 atom stereocenters. The summed E-state index contributed by atoms with van der Waals surface area (Å²) in [5.74, 6) is -1.26. The number of unbranched alkanes of at least 4 members (excludes halogenated alkanes) is 59. The van der Waals surface area contributed by atoms with Crippen LogP contribution in [0, 0.1) is 5.92 Å². The van der Waals surface area contributed by atoms with Gasteiger partial charge in [-0.1, -0.05) is 426 Å². The van der Waals surface area contributed by atoms with E-state index in [1.54, 1.807) is 0 Å². The number of rotatable bonds is 88. The molecule has 0 rings (SSSR count). The number of aliphatic hydroxyl groups excluding tert-OH is 1. The molecule has 0 saturated heterocycles. The van der Waals surface area contributed by atoms with Crippen LogP contribution in [0.2, 0.25) is 0 Å². The second kappa shape index (κ2) is 80.7. The number of phosphoric acid groups is 2. The Morgan fingerprint density at radius 3 is 0.664 bits per heavy atom.